The Bertz CT molecular complexity index is 1010. The fourth-order valence-corrected chi connectivity index (χ4v) is 3.64. The number of ether oxygens (including phenoxy) is 1. The number of carbonyl (C=O) groups is 1. The number of hydrogen-bond donors (Lipinski definition) is 2. The zero-order valence-corrected chi connectivity index (χ0v) is 17.4. The number of amides is 1. The third-order valence-corrected chi connectivity index (χ3v) is 5.03. The molecular weight excluding hydrogens is 372 g/mol. The minimum atomic E-state index is 0.0600. The van der Waals surface area contributed by atoms with Crippen molar-refractivity contribution in [2.24, 2.45) is 0 Å². The van der Waals surface area contributed by atoms with E-state index in [2.05, 4.69) is 26.6 Å². The Morgan fingerprint density at radius 3 is 2.46 bits per heavy atom. The Kier molecular flexibility index (Phi) is 6.49. The number of carbonyl (C=O) groups excluding carboxylic acids is 1. The summed E-state index contributed by atoms with van der Waals surface area (Å²) in [6.07, 6.45) is 0.936. The predicted molar refractivity (Wildman–Crippen MR) is 114 cm³/mol. The Balaban J connectivity index is 1.94. The molecule has 1 amide bonds. The summed E-state index contributed by atoms with van der Waals surface area (Å²) in [6, 6.07) is 16.0. The van der Waals surface area contributed by atoms with Gasteiger partial charge in [-0.3, -0.25) is 13.9 Å². The second kappa shape index (κ2) is 9.03. The number of nitrogens with zero attached hydrogens (tertiary/aromatic N) is 2. The fraction of sp³-hybridized carbons (Fsp3) is 0.333. The van der Waals surface area contributed by atoms with Crippen LogP contribution < -0.4 is 15.0 Å². The molecule has 0 saturated heterocycles. The highest BCUT2D eigenvalue weighted by molar-refractivity contribution is 7.71. The first-order chi connectivity index (χ1) is 13.5. The summed E-state index contributed by atoms with van der Waals surface area (Å²) in [7, 11) is 3.66. The van der Waals surface area contributed by atoms with Gasteiger partial charge in [0.15, 0.2) is 18.0 Å². The van der Waals surface area contributed by atoms with Crippen LogP contribution in [0.3, 0.4) is 0 Å². The van der Waals surface area contributed by atoms with E-state index in [1.807, 2.05) is 50.4 Å². The van der Waals surface area contributed by atoms with Crippen molar-refractivity contribution in [1.29, 1.82) is 0 Å². The van der Waals surface area contributed by atoms with Crippen LogP contribution in [0.25, 0.3) is 16.7 Å². The quantitative estimate of drug-likeness (QED) is 0.571. The number of methoxy groups -OCH3 is 1. The number of hydrogen-bond acceptors (Lipinski definition) is 3. The molecule has 0 spiro atoms. The summed E-state index contributed by atoms with van der Waals surface area (Å²) >= 11 is 5.82. The number of nitrogens with one attached hydrogen (secondary N) is 2. The van der Waals surface area contributed by atoms with Crippen molar-refractivity contribution >= 4 is 29.2 Å². The Hall–Kier alpha value is -2.64. The third-order valence-electron chi connectivity index (χ3n) is 4.63. The lowest BCUT2D eigenvalue weighted by atomic mass is 10.2. The Morgan fingerprint density at radius 2 is 1.82 bits per heavy atom. The van der Waals surface area contributed by atoms with Gasteiger partial charge in [-0.15, -0.1) is 0 Å². The van der Waals surface area contributed by atoms with E-state index in [4.69, 9.17) is 17.0 Å². The molecule has 28 heavy (non-hydrogen) atoms. The molecule has 0 aliphatic carbocycles. The average Bonchev–Trinajstić information content (AvgIpc) is 2.98. The van der Waals surface area contributed by atoms with Crippen LogP contribution in [0.1, 0.15) is 13.3 Å². The monoisotopic (exact) mass is 399 g/mol. The van der Waals surface area contributed by atoms with Crippen molar-refractivity contribution in [1.82, 2.24) is 14.5 Å². The van der Waals surface area contributed by atoms with Gasteiger partial charge in [0.05, 0.1) is 25.2 Å². The smallest absolute Gasteiger partial charge is 0.275 e. The molecule has 1 heterocycles. The van der Waals surface area contributed by atoms with E-state index in [1.54, 1.807) is 7.11 Å². The summed E-state index contributed by atoms with van der Waals surface area (Å²) in [4.78, 5) is 13.1. The minimum absolute atomic E-state index is 0.0600. The van der Waals surface area contributed by atoms with Crippen LogP contribution in [0.5, 0.6) is 5.75 Å². The van der Waals surface area contributed by atoms with Crippen LogP contribution in [0.4, 0.5) is 0 Å². The SMILES string of the molecule is CCCNC(=O)C[NH+](C)Cn1c(=S)n(-c2ccc(OC)cc2)c2ccccc21. The molecular formula is C21H27N4O2S+. The Morgan fingerprint density at radius 1 is 1.14 bits per heavy atom. The first-order valence-electron chi connectivity index (χ1n) is 9.47. The number of imidazole rings is 1. The summed E-state index contributed by atoms with van der Waals surface area (Å²) in [5.41, 5.74) is 3.08. The van der Waals surface area contributed by atoms with Crippen LogP contribution in [-0.4, -0.2) is 42.3 Å². The number of fused-ring (bicyclic) bond motifs is 1. The molecule has 0 aliphatic rings. The highest BCUT2D eigenvalue weighted by atomic mass is 32.1. The lowest BCUT2D eigenvalue weighted by Gasteiger charge is -2.15. The number of likely N-dealkylation sites (N-methyl/N-ethyl adjacent to an activating group) is 1. The van der Waals surface area contributed by atoms with Gasteiger partial charge in [0.1, 0.15) is 5.75 Å². The van der Waals surface area contributed by atoms with Gasteiger partial charge in [-0.1, -0.05) is 19.1 Å². The number of quaternary nitrogens is 1. The second-order valence-electron chi connectivity index (χ2n) is 6.87. The number of rotatable bonds is 8. The summed E-state index contributed by atoms with van der Waals surface area (Å²) in [6.45, 7) is 3.78. The third kappa shape index (κ3) is 4.26. The molecule has 0 aliphatic heterocycles. The molecule has 2 aromatic carbocycles. The maximum atomic E-state index is 12.1. The predicted octanol–water partition coefficient (Wildman–Crippen LogP) is 2.17. The van der Waals surface area contributed by atoms with Gasteiger partial charge in [0.2, 0.25) is 0 Å². The van der Waals surface area contributed by atoms with Gasteiger partial charge in [-0.2, -0.15) is 0 Å². The van der Waals surface area contributed by atoms with Crippen molar-refractivity contribution in [2.75, 3.05) is 27.2 Å². The zero-order chi connectivity index (χ0) is 20.1. The van der Waals surface area contributed by atoms with Crippen LogP contribution in [0.15, 0.2) is 48.5 Å². The van der Waals surface area contributed by atoms with Crippen molar-refractivity contribution in [3.8, 4) is 11.4 Å². The number of benzene rings is 2. The molecule has 1 aromatic heterocycles. The van der Waals surface area contributed by atoms with Crippen LogP contribution in [-0.2, 0) is 11.5 Å². The van der Waals surface area contributed by atoms with Crippen molar-refractivity contribution < 1.29 is 14.4 Å². The summed E-state index contributed by atoms with van der Waals surface area (Å²) in [5, 5.41) is 2.93. The molecule has 1 atom stereocenters. The van der Waals surface area contributed by atoms with Gasteiger partial charge in [0.25, 0.3) is 5.91 Å². The van der Waals surface area contributed by atoms with E-state index >= 15 is 0 Å². The molecule has 7 heteroatoms. The highest BCUT2D eigenvalue weighted by Crippen LogP contribution is 2.23. The van der Waals surface area contributed by atoms with Crippen LogP contribution in [0.2, 0.25) is 0 Å². The van der Waals surface area contributed by atoms with Gasteiger partial charge in [-0.25, -0.2) is 0 Å². The van der Waals surface area contributed by atoms with Gasteiger partial charge < -0.3 is 15.0 Å². The Labute approximate surface area is 170 Å². The number of para-hydroxylation sites is 2. The first-order valence-corrected chi connectivity index (χ1v) is 9.88. The first kappa shape index (κ1) is 20.1. The van der Waals surface area contributed by atoms with Crippen molar-refractivity contribution in [2.45, 2.75) is 20.0 Å². The van der Waals surface area contributed by atoms with Gasteiger partial charge in [-0.05, 0) is 55.0 Å². The molecule has 1 unspecified atom stereocenters. The second-order valence-corrected chi connectivity index (χ2v) is 7.24. The zero-order valence-electron chi connectivity index (χ0n) is 16.6. The van der Waals surface area contributed by atoms with E-state index in [1.165, 1.54) is 0 Å². The topological polar surface area (TPSA) is 52.6 Å². The van der Waals surface area contributed by atoms with E-state index < -0.39 is 0 Å². The van der Waals surface area contributed by atoms with Crippen LogP contribution >= 0.6 is 12.2 Å². The molecule has 2 N–H and O–H groups in total. The molecule has 6 nitrogen and oxygen atoms in total. The minimum Gasteiger partial charge on any atom is -0.497 e. The molecule has 3 rings (SSSR count). The van der Waals surface area contributed by atoms with E-state index in [0.717, 1.165) is 33.8 Å². The number of aromatic nitrogens is 2. The molecule has 0 fully saturated rings. The van der Waals surface area contributed by atoms with Gasteiger partial charge in [0, 0.05) is 12.2 Å². The normalized spacial score (nSPS) is 12.1. The molecule has 148 valence electrons. The van der Waals surface area contributed by atoms with Crippen molar-refractivity contribution in [3.63, 3.8) is 0 Å². The molecule has 0 radical (unpaired) electrons. The van der Waals surface area contributed by atoms with Gasteiger partial charge >= 0.3 is 0 Å². The molecule has 0 saturated carbocycles. The summed E-state index contributed by atoms with van der Waals surface area (Å²) in [5.74, 6) is 0.867. The largest absolute Gasteiger partial charge is 0.497 e. The lowest BCUT2D eigenvalue weighted by molar-refractivity contribution is -0.894. The standard InChI is InChI=1S/C21H26N4O2S/c1-4-13-22-20(26)14-23(2)15-24-18-7-5-6-8-19(18)25(21(24)28)16-9-11-17(27-3)12-10-16/h5-12H,4,13-15H2,1-3H3,(H,22,26)/p+1. The lowest BCUT2D eigenvalue weighted by Crippen LogP contribution is -3.09. The highest BCUT2D eigenvalue weighted by Gasteiger charge is 2.16. The van der Waals surface area contributed by atoms with E-state index in [-0.39, 0.29) is 5.91 Å². The maximum absolute atomic E-state index is 12.1. The molecule has 3 aromatic rings. The summed E-state index contributed by atoms with van der Waals surface area (Å²) < 4.78 is 10.1. The van der Waals surface area contributed by atoms with Crippen molar-refractivity contribution in [3.05, 3.63) is 53.3 Å². The van der Waals surface area contributed by atoms with E-state index in [9.17, 15) is 4.79 Å². The maximum Gasteiger partial charge on any atom is 0.275 e. The molecule has 0 bridgehead atoms. The average molecular weight is 400 g/mol. The van der Waals surface area contributed by atoms with E-state index in [0.29, 0.717) is 24.5 Å². The fourth-order valence-electron chi connectivity index (χ4n) is 3.27. The van der Waals surface area contributed by atoms with Crippen LogP contribution in [0, 0.1) is 4.77 Å².